The minimum absolute atomic E-state index is 0.817. The van der Waals surface area contributed by atoms with Crippen LogP contribution >= 0.6 is 0 Å². The van der Waals surface area contributed by atoms with Crippen molar-refractivity contribution in [1.82, 2.24) is 0 Å². The van der Waals surface area contributed by atoms with Crippen molar-refractivity contribution >= 4 is 0 Å². The van der Waals surface area contributed by atoms with E-state index in [4.69, 9.17) is 0 Å². The van der Waals surface area contributed by atoms with Crippen molar-refractivity contribution in [3.63, 3.8) is 0 Å². The van der Waals surface area contributed by atoms with Crippen LogP contribution in [0.2, 0.25) is 0 Å². The molecule has 0 saturated heterocycles. The van der Waals surface area contributed by atoms with Crippen LogP contribution in [-0.2, 0) is 0 Å². The highest BCUT2D eigenvalue weighted by Gasteiger charge is 1.86. The van der Waals surface area contributed by atoms with Gasteiger partial charge >= 0.3 is 0 Å². The lowest BCUT2D eigenvalue weighted by Crippen LogP contribution is -1.81. The molecule has 0 saturated carbocycles. The molecule has 0 aromatic rings. The quantitative estimate of drug-likeness (QED) is 0.398. The highest BCUT2D eigenvalue weighted by atomic mass is 13.9. The lowest BCUT2D eigenvalue weighted by Gasteiger charge is -1.96. The maximum absolute atomic E-state index is 2.33. The van der Waals surface area contributed by atoms with Crippen LogP contribution in [0.25, 0.3) is 0 Å². The molecule has 0 N–H and O–H groups in total. The molecule has 0 bridgehead atoms. The fourth-order valence-corrected chi connectivity index (χ4v) is 0.998. The number of rotatable bonds is 6. The molecule has 0 amide bonds. The average molecular weight is 154 g/mol. The van der Waals surface area contributed by atoms with Crippen LogP contribution in [0.4, 0.5) is 0 Å². The molecular weight excluding hydrogens is 132 g/mol. The molecule has 0 fully saturated rings. The van der Waals surface area contributed by atoms with Gasteiger partial charge in [-0.1, -0.05) is 45.8 Å². The number of hydrogen-bond acceptors (Lipinski definition) is 0. The summed E-state index contributed by atoms with van der Waals surface area (Å²) in [7, 11) is 0. The highest BCUT2D eigenvalue weighted by Crippen LogP contribution is 2.03. The Morgan fingerprint density at radius 3 is 2.36 bits per heavy atom. The molecule has 0 unspecified atom stereocenters. The maximum atomic E-state index is 2.33. The van der Waals surface area contributed by atoms with Gasteiger partial charge in [-0.2, -0.15) is 0 Å². The van der Waals surface area contributed by atoms with Crippen LogP contribution in [0.15, 0.2) is 12.2 Å². The summed E-state index contributed by atoms with van der Waals surface area (Å²) >= 11 is 0. The lowest BCUT2D eigenvalue weighted by atomic mass is 10.1. The monoisotopic (exact) mass is 154 g/mol. The summed E-state index contributed by atoms with van der Waals surface area (Å²) < 4.78 is 0. The summed E-state index contributed by atoms with van der Waals surface area (Å²) in [5.41, 5.74) is 0. The van der Waals surface area contributed by atoms with Crippen molar-refractivity contribution in [3.05, 3.63) is 12.2 Å². The summed E-state index contributed by atoms with van der Waals surface area (Å²) in [5, 5.41) is 0. The van der Waals surface area contributed by atoms with E-state index in [0.717, 1.165) is 5.92 Å². The van der Waals surface area contributed by atoms with E-state index >= 15 is 0 Å². The van der Waals surface area contributed by atoms with Crippen molar-refractivity contribution in [2.75, 3.05) is 0 Å². The van der Waals surface area contributed by atoms with Crippen molar-refractivity contribution < 1.29 is 0 Å². The lowest BCUT2D eigenvalue weighted by molar-refractivity contribution is 0.659. The molecule has 0 atom stereocenters. The maximum Gasteiger partial charge on any atom is -0.0327 e. The third-order valence-electron chi connectivity index (χ3n) is 1.75. The van der Waals surface area contributed by atoms with Crippen molar-refractivity contribution in [3.8, 4) is 0 Å². The molecule has 0 aromatic carbocycles. The van der Waals surface area contributed by atoms with Crippen LogP contribution in [0.1, 0.15) is 52.9 Å². The number of allylic oxidation sites excluding steroid dienone is 2. The van der Waals surface area contributed by atoms with Crippen LogP contribution < -0.4 is 0 Å². The zero-order chi connectivity index (χ0) is 8.53. The fourth-order valence-electron chi connectivity index (χ4n) is 0.998. The van der Waals surface area contributed by atoms with E-state index in [-0.39, 0.29) is 0 Å². The van der Waals surface area contributed by atoms with Gasteiger partial charge in [0.1, 0.15) is 0 Å². The molecule has 0 nitrogen and oxygen atoms in total. The Kier molecular flexibility index (Phi) is 7.66. The molecule has 0 heterocycles. The predicted octanol–water partition coefficient (Wildman–Crippen LogP) is 4.17. The van der Waals surface area contributed by atoms with Gasteiger partial charge in [0.25, 0.3) is 0 Å². The summed E-state index contributed by atoms with van der Waals surface area (Å²) in [5.74, 6) is 0.817. The normalized spacial score (nSPS) is 11.6. The molecule has 0 rings (SSSR count). The van der Waals surface area contributed by atoms with Gasteiger partial charge in [-0.3, -0.25) is 0 Å². The van der Waals surface area contributed by atoms with Crippen molar-refractivity contribution in [2.45, 2.75) is 52.9 Å². The highest BCUT2D eigenvalue weighted by molar-refractivity contribution is 4.82. The second-order valence-corrected chi connectivity index (χ2v) is 3.60. The van der Waals surface area contributed by atoms with E-state index in [9.17, 15) is 0 Å². The summed E-state index contributed by atoms with van der Waals surface area (Å²) in [6, 6.07) is 0. The number of hydrogen-bond donors (Lipinski definition) is 0. The Bertz CT molecular complexity index is 90.2. The van der Waals surface area contributed by atoms with Crippen LogP contribution in [-0.4, -0.2) is 0 Å². The van der Waals surface area contributed by atoms with E-state index in [1.54, 1.807) is 0 Å². The SMILES string of the molecule is CCCCC/C=C/CC(C)C. The molecule has 0 aliphatic heterocycles. The number of unbranched alkanes of at least 4 members (excludes halogenated alkanes) is 3. The Balaban J connectivity index is 3.03. The first kappa shape index (κ1) is 10.7. The van der Waals surface area contributed by atoms with E-state index in [1.165, 1.54) is 32.1 Å². The molecule has 66 valence electrons. The van der Waals surface area contributed by atoms with Gasteiger partial charge < -0.3 is 0 Å². The van der Waals surface area contributed by atoms with Gasteiger partial charge in [-0.25, -0.2) is 0 Å². The summed E-state index contributed by atoms with van der Waals surface area (Å²) in [4.78, 5) is 0. The molecule has 11 heavy (non-hydrogen) atoms. The van der Waals surface area contributed by atoms with Gasteiger partial charge in [0.2, 0.25) is 0 Å². The van der Waals surface area contributed by atoms with Gasteiger partial charge in [0, 0.05) is 0 Å². The molecule has 0 radical (unpaired) electrons. The van der Waals surface area contributed by atoms with Gasteiger partial charge in [0.15, 0.2) is 0 Å². The first-order chi connectivity index (χ1) is 5.27. The molecule has 0 aliphatic carbocycles. The zero-order valence-electron chi connectivity index (χ0n) is 8.27. The molecular formula is C11H22. The van der Waals surface area contributed by atoms with E-state index in [2.05, 4.69) is 32.9 Å². The minimum Gasteiger partial charge on any atom is -0.0885 e. The second kappa shape index (κ2) is 7.84. The molecule has 0 heteroatoms. The van der Waals surface area contributed by atoms with Gasteiger partial charge in [-0.05, 0) is 25.2 Å². The summed E-state index contributed by atoms with van der Waals surface area (Å²) in [6.07, 6.45) is 11.2. The Morgan fingerprint density at radius 2 is 1.82 bits per heavy atom. The molecule has 0 spiro atoms. The largest absolute Gasteiger partial charge is 0.0885 e. The standard InChI is InChI=1S/C11H22/c1-4-5-6-7-8-9-10-11(2)3/h8-9,11H,4-7,10H2,1-3H3/b9-8+. The fraction of sp³-hybridized carbons (Fsp3) is 0.818. The Morgan fingerprint density at radius 1 is 1.09 bits per heavy atom. The van der Waals surface area contributed by atoms with E-state index in [1.807, 2.05) is 0 Å². The third kappa shape index (κ3) is 9.74. The second-order valence-electron chi connectivity index (χ2n) is 3.60. The van der Waals surface area contributed by atoms with Crippen molar-refractivity contribution in [1.29, 1.82) is 0 Å². The first-order valence-electron chi connectivity index (χ1n) is 4.92. The predicted molar refractivity (Wildman–Crippen MR) is 52.7 cm³/mol. The van der Waals surface area contributed by atoms with Crippen molar-refractivity contribution in [2.24, 2.45) is 5.92 Å². The zero-order valence-corrected chi connectivity index (χ0v) is 8.27. The van der Waals surface area contributed by atoms with Gasteiger partial charge in [0.05, 0.1) is 0 Å². The molecule has 0 aromatic heterocycles. The van der Waals surface area contributed by atoms with E-state index in [0.29, 0.717) is 0 Å². The topological polar surface area (TPSA) is 0 Å². The Hall–Kier alpha value is -0.260. The third-order valence-corrected chi connectivity index (χ3v) is 1.75. The van der Waals surface area contributed by atoms with Crippen LogP contribution in [0.5, 0.6) is 0 Å². The first-order valence-corrected chi connectivity index (χ1v) is 4.92. The van der Waals surface area contributed by atoms with Crippen LogP contribution in [0.3, 0.4) is 0 Å². The van der Waals surface area contributed by atoms with E-state index < -0.39 is 0 Å². The smallest absolute Gasteiger partial charge is 0.0327 e. The van der Waals surface area contributed by atoms with Gasteiger partial charge in [-0.15, -0.1) is 0 Å². The summed E-state index contributed by atoms with van der Waals surface area (Å²) in [6.45, 7) is 6.77. The van der Waals surface area contributed by atoms with Crippen LogP contribution in [0, 0.1) is 5.92 Å². The minimum atomic E-state index is 0.817. The average Bonchev–Trinajstić information content (AvgIpc) is 1.96. The Labute approximate surface area is 71.7 Å². The molecule has 0 aliphatic rings.